The van der Waals surface area contributed by atoms with Crippen molar-refractivity contribution in [3.8, 4) is 0 Å². The topological polar surface area (TPSA) is 128 Å². The summed E-state index contributed by atoms with van der Waals surface area (Å²) in [5, 5.41) is 32.2. The van der Waals surface area contributed by atoms with Crippen LogP contribution in [0.4, 0.5) is 0 Å². The van der Waals surface area contributed by atoms with Crippen LogP contribution in [0.2, 0.25) is 0 Å². The fourth-order valence-electron chi connectivity index (χ4n) is 2.61. The first kappa shape index (κ1) is 18.3. The summed E-state index contributed by atoms with van der Waals surface area (Å²) in [4.78, 5) is 11.9. The third kappa shape index (κ3) is 3.55. The number of carbonyl (C=O) groups excluding carboxylic acids is 1. The van der Waals surface area contributed by atoms with Crippen LogP contribution in [0.1, 0.15) is 32.7 Å². The van der Waals surface area contributed by atoms with Gasteiger partial charge < -0.3 is 24.4 Å². The Morgan fingerprint density at radius 2 is 2.24 bits per heavy atom. The van der Waals surface area contributed by atoms with E-state index in [-0.39, 0.29) is 18.1 Å². The lowest BCUT2D eigenvalue weighted by atomic mass is 10.1. The molecule has 1 aromatic heterocycles. The lowest BCUT2D eigenvalue weighted by Gasteiger charge is -2.20. The van der Waals surface area contributed by atoms with Gasteiger partial charge in [0.2, 0.25) is 5.16 Å². The van der Waals surface area contributed by atoms with E-state index in [1.54, 1.807) is 20.8 Å². The van der Waals surface area contributed by atoms with E-state index in [0.29, 0.717) is 10.9 Å². The van der Waals surface area contributed by atoms with E-state index in [4.69, 9.17) is 14.2 Å². The number of ether oxygens (including phenoxy) is 3. The highest BCUT2D eigenvalue weighted by molar-refractivity contribution is 8.00. The molecule has 0 bridgehead atoms. The number of thioether (sulfide) groups is 1. The molecule has 3 heterocycles. The Morgan fingerprint density at radius 1 is 1.48 bits per heavy atom. The monoisotopic (exact) mass is 372 g/mol. The van der Waals surface area contributed by atoms with Gasteiger partial charge in [0.05, 0.1) is 19.0 Å². The first-order valence-electron chi connectivity index (χ1n) is 7.84. The fourth-order valence-corrected chi connectivity index (χ4v) is 3.41. The second-order valence-corrected chi connectivity index (χ2v) is 6.92. The highest BCUT2D eigenvalue weighted by atomic mass is 32.2. The molecule has 11 heteroatoms. The van der Waals surface area contributed by atoms with E-state index in [0.717, 1.165) is 0 Å². The number of aromatic nitrogens is 3. The van der Waals surface area contributed by atoms with Crippen LogP contribution in [0.3, 0.4) is 0 Å². The first-order chi connectivity index (χ1) is 11.9. The molecular formula is C14H20N4O6S. The van der Waals surface area contributed by atoms with Gasteiger partial charge >= 0.3 is 5.97 Å². The number of rotatable bonds is 5. The van der Waals surface area contributed by atoms with Gasteiger partial charge in [0.25, 0.3) is 0 Å². The maximum Gasteiger partial charge on any atom is 0.355 e. The summed E-state index contributed by atoms with van der Waals surface area (Å²) in [6, 6.07) is 0. The van der Waals surface area contributed by atoms with E-state index in [9.17, 15) is 15.0 Å². The van der Waals surface area contributed by atoms with Crippen molar-refractivity contribution in [1.82, 2.24) is 14.9 Å². The van der Waals surface area contributed by atoms with Crippen molar-refractivity contribution in [3.05, 3.63) is 5.82 Å². The van der Waals surface area contributed by atoms with Crippen molar-refractivity contribution in [2.24, 2.45) is 5.10 Å². The van der Waals surface area contributed by atoms with Gasteiger partial charge in [-0.3, -0.25) is 0 Å². The minimum absolute atomic E-state index is 0.234. The largest absolute Gasteiger partial charge is 0.461 e. The summed E-state index contributed by atoms with van der Waals surface area (Å²) in [6.07, 6.45) is -2.81. The summed E-state index contributed by atoms with van der Waals surface area (Å²) in [5.74, 6) is -0.871. The van der Waals surface area contributed by atoms with Crippen LogP contribution >= 0.6 is 11.8 Å². The number of esters is 1. The zero-order chi connectivity index (χ0) is 18.2. The second-order valence-electron chi connectivity index (χ2n) is 5.98. The normalized spacial score (nSPS) is 26.0. The molecule has 3 rings (SSSR count). The van der Waals surface area contributed by atoms with E-state index in [2.05, 4.69) is 15.3 Å². The van der Waals surface area contributed by atoms with E-state index in [1.165, 1.54) is 16.4 Å². The molecule has 138 valence electrons. The van der Waals surface area contributed by atoms with Gasteiger partial charge in [-0.2, -0.15) is 9.78 Å². The molecule has 0 aliphatic carbocycles. The van der Waals surface area contributed by atoms with E-state index >= 15 is 0 Å². The maximum absolute atomic E-state index is 11.9. The molecule has 0 radical (unpaired) electrons. The molecule has 0 aromatic carbocycles. The van der Waals surface area contributed by atoms with Crippen molar-refractivity contribution < 1.29 is 29.2 Å². The first-order valence-corrected chi connectivity index (χ1v) is 8.82. The quantitative estimate of drug-likeness (QED) is 0.669. The number of hydrogen-bond acceptors (Lipinski definition) is 10. The minimum atomic E-state index is -1.16. The molecule has 0 unspecified atom stereocenters. The lowest BCUT2D eigenvalue weighted by Crippen LogP contribution is -2.35. The van der Waals surface area contributed by atoms with Gasteiger partial charge in [-0.25, -0.2) is 4.79 Å². The molecule has 10 nitrogen and oxygen atoms in total. The van der Waals surface area contributed by atoms with Crippen molar-refractivity contribution >= 4 is 23.4 Å². The standard InChI is InChI=1S/C14H20N4O6S/c1-4-22-12(21)7-6-25-13-16-15-11(18(13)17-7)10-9(8(20)5-19)23-14(2,3)24-10/h8-10,19-20H,4-6H2,1-3H3/t8-,9-,10+/m1/s1. The van der Waals surface area contributed by atoms with Crippen molar-refractivity contribution in [2.75, 3.05) is 19.0 Å². The Bertz CT molecular complexity index is 691. The van der Waals surface area contributed by atoms with Gasteiger partial charge in [-0.15, -0.1) is 10.2 Å². The average molecular weight is 372 g/mol. The minimum Gasteiger partial charge on any atom is -0.461 e. The van der Waals surface area contributed by atoms with Crippen molar-refractivity contribution in [2.45, 2.75) is 50.0 Å². The molecule has 2 aliphatic heterocycles. The predicted octanol–water partition coefficient (Wildman–Crippen LogP) is -0.303. The average Bonchev–Trinajstić information content (AvgIpc) is 3.13. The zero-order valence-electron chi connectivity index (χ0n) is 14.1. The molecule has 2 N–H and O–H groups in total. The Hall–Kier alpha value is -1.53. The maximum atomic E-state index is 11.9. The molecule has 1 aromatic rings. The van der Waals surface area contributed by atoms with Crippen LogP contribution in [0.15, 0.2) is 10.3 Å². The lowest BCUT2D eigenvalue weighted by molar-refractivity contribution is -0.158. The smallest absolute Gasteiger partial charge is 0.355 e. The number of hydrogen-bond donors (Lipinski definition) is 2. The summed E-state index contributed by atoms with van der Waals surface area (Å²) in [6.45, 7) is 4.87. The highest BCUT2D eigenvalue weighted by Crippen LogP contribution is 2.40. The van der Waals surface area contributed by atoms with Crippen LogP contribution in [0.25, 0.3) is 0 Å². The summed E-state index contributed by atoms with van der Waals surface area (Å²) >= 11 is 1.30. The number of fused-ring (bicyclic) bond motifs is 1. The predicted molar refractivity (Wildman–Crippen MR) is 86.1 cm³/mol. The third-order valence-electron chi connectivity index (χ3n) is 3.66. The molecule has 1 fully saturated rings. The SMILES string of the molecule is CCOC(=O)C1=Nn2c(nnc2[C@H]2OC(C)(C)O[C@@H]2[C@H](O)CO)SC1. The number of carbonyl (C=O) groups is 1. The van der Waals surface area contributed by atoms with Gasteiger partial charge in [0, 0.05) is 0 Å². The number of nitrogens with zero attached hydrogens (tertiary/aromatic N) is 4. The summed E-state index contributed by atoms with van der Waals surface area (Å²) in [5.41, 5.74) is 0.234. The van der Waals surface area contributed by atoms with Crippen molar-refractivity contribution in [3.63, 3.8) is 0 Å². The molecule has 3 atom stereocenters. The van der Waals surface area contributed by atoms with Gasteiger partial charge in [0.15, 0.2) is 23.4 Å². The molecule has 0 spiro atoms. The van der Waals surface area contributed by atoms with Gasteiger partial charge in [-0.1, -0.05) is 11.8 Å². The zero-order valence-corrected chi connectivity index (χ0v) is 14.9. The summed E-state index contributed by atoms with van der Waals surface area (Å²) < 4.78 is 17.9. The highest BCUT2D eigenvalue weighted by Gasteiger charge is 2.48. The molecule has 1 saturated heterocycles. The van der Waals surface area contributed by atoms with Gasteiger partial charge in [-0.05, 0) is 20.8 Å². The molecule has 0 amide bonds. The van der Waals surface area contributed by atoms with Crippen molar-refractivity contribution in [1.29, 1.82) is 0 Å². The Kier molecular flexibility index (Phi) is 5.11. The number of aliphatic hydroxyl groups excluding tert-OH is 2. The molecule has 2 aliphatic rings. The Morgan fingerprint density at radius 3 is 2.92 bits per heavy atom. The fraction of sp³-hybridized carbons (Fsp3) is 0.714. The van der Waals surface area contributed by atoms with Gasteiger partial charge in [0.1, 0.15) is 12.2 Å². The van der Waals surface area contributed by atoms with Crippen LogP contribution in [0.5, 0.6) is 0 Å². The van der Waals surface area contributed by atoms with Crippen LogP contribution < -0.4 is 0 Å². The Labute approximate surface area is 148 Å². The molecule has 0 saturated carbocycles. The van der Waals surface area contributed by atoms with Crippen LogP contribution in [0, 0.1) is 0 Å². The molecule has 25 heavy (non-hydrogen) atoms. The summed E-state index contributed by atoms with van der Waals surface area (Å²) in [7, 11) is 0. The molecular weight excluding hydrogens is 352 g/mol. The van der Waals surface area contributed by atoms with Crippen LogP contribution in [-0.4, -0.2) is 73.7 Å². The number of aliphatic hydroxyl groups is 2. The Balaban J connectivity index is 1.95. The van der Waals surface area contributed by atoms with E-state index in [1.807, 2.05) is 0 Å². The van der Waals surface area contributed by atoms with Crippen LogP contribution in [-0.2, 0) is 19.0 Å². The third-order valence-corrected chi connectivity index (χ3v) is 4.59. The van der Waals surface area contributed by atoms with E-state index < -0.39 is 36.7 Å². The second kappa shape index (κ2) is 7.00.